The first-order chi connectivity index (χ1) is 9.54. The normalized spacial score (nSPS) is 10.2. The summed E-state index contributed by atoms with van der Waals surface area (Å²) in [4.78, 5) is 0. The topological polar surface area (TPSA) is 44.5 Å². The fourth-order valence-corrected chi connectivity index (χ4v) is 2.16. The number of benzene rings is 1. The highest BCUT2D eigenvalue weighted by atomic mass is 79.9. The van der Waals surface area contributed by atoms with Gasteiger partial charge in [0, 0.05) is 6.07 Å². The fraction of sp³-hybridized carbons (Fsp3) is 0.429. The molecule has 0 aliphatic rings. The van der Waals surface area contributed by atoms with Crippen LogP contribution in [-0.4, -0.2) is 19.8 Å². The predicted octanol–water partition coefficient (Wildman–Crippen LogP) is 4.78. The first-order valence-electron chi connectivity index (χ1n) is 6.31. The summed E-state index contributed by atoms with van der Waals surface area (Å²) in [5, 5.41) is 0.564. The highest BCUT2D eigenvalue weighted by Gasteiger charge is 2.08. The third kappa shape index (κ3) is 6.48. The second-order valence-electron chi connectivity index (χ2n) is 4.20. The van der Waals surface area contributed by atoms with Crippen LogP contribution in [0.1, 0.15) is 18.4 Å². The Morgan fingerprint density at radius 2 is 2.05 bits per heavy atom. The minimum atomic E-state index is 0.457. The molecule has 0 unspecified atom stereocenters. The van der Waals surface area contributed by atoms with Gasteiger partial charge in [-0.3, -0.25) is 0 Å². The highest BCUT2D eigenvalue weighted by Crippen LogP contribution is 2.33. The van der Waals surface area contributed by atoms with E-state index in [1.807, 2.05) is 19.1 Å². The van der Waals surface area contributed by atoms with Crippen LogP contribution in [0.15, 0.2) is 21.6 Å². The zero-order chi connectivity index (χ0) is 15.0. The maximum atomic E-state index is 6.23. The molecule has 6 heteroatoms. The number of ether oxygens (including phenoxy) is 2. The number of unbranched alkanes of at least 4 members (excludes halogenated alkanes) is 1. The molecule has 0 atom stereocenters. The summed E-state index contributed by atoms with van der Waals surface area (Å²) in [6.07, 6.45) is 3.74. The smallest absolute Gasteiger partial charge is 0.141 e. The molecule has 0 heterocycles. The van der Waals surface area contributed by atoms with Crippen molar-refractivity contribution in [3.8, 4) is 11.5 Å². The number of hydrogen-bond donors (Lipinski definition) is 1. The molecular formula is C14H18Br2ClNO2. The van der Waals surface area contributed by atoms with E-state index in [4.69, 9.17) is 26.8 Å². The van der Waals surface area contributed by atoms with Crippen molar-refractivity contribution in [1.29, 1.82) is 0 Å². The van der Waals surface area contributed by atoms with Crippen LogP contribution < -0.4 is 15.2 Å². The zero-order valence-electron chi connectivity index (χ0n) is 11.3. The minimum absolute atomic E-state index is 0.457. The molecule has 0 aliphatic carbocycles. The van der Waals surface area contributed by atoms with Gasteiger partial charge in [0.1, 0.15) is 18.1 Å². The second-order valence-corrected chi connectivity index (χ2v) is 7.38. The molecule has 0 radical (unpaired) electrons. The predicted molar refractivity (Wildman–Crippen MR) is 91.4 cm³/mol. The molecule has 0 amide bonds. The van der Waals surface area contributed by atoms with E-state index >= 15 is 0 Å². The lowest BCUT2D eigenvalue weighted by atomic mass is 10.2. The van der Waals surface area contributed by atoms with Crippen molar-refractivity contribution in [2.75, 3.05) is 19.8 Å². The Labute approximate surface area is 141 Å². The van der Waals surface area contributed by atoms with Crippen LogP contribution in [0.3, 0.4) is 0 Å². The van der Waals surface area contributed by atoms with Crippen LogP contribution in [0, 0.1) is 6.92 Å². The van der Waals surface area contributed by atoms with Gasteiger partial charge in [-0.1, -0.05) is 11.6 Å². The standard InChI is InChI=1S/C14H18Br2ClNO2/c1-10-8-11(19-7-4-13(15)16)9-12(17)14(10)20-6-3-2-5-18/h4,8-9H,2-3,5-7,18H2,1H3. The number of nitrogens with two attached hydrogens (primary N) is 1. The number of hydrogen-bond acceptors (Lipinski definition) is 3. The molecule has 0 bridgehead atoms. The van der Waals surface area contributed by atoms with Gasteiger partial charge < -0.3 is 15.2 Å². The molecule has 2 N–H and O–H groups in total. The summed E-state index contributed by atoms with van der Waals surface area (Å²) in [6.45, 7) is 3.71. The Morgan fingerprint density at radius 3 is 2.65 bits per heavy atom. The summed E-state index contributed by atoms with van der Waals surface area (Å²) in [5.41, 5.74) is 6.41. The molecule has 1 rings (SSSR count). The van der Waals surface area contributed by atoms with E-state index in [1.54, 1.807) is 6.07 Å². The van der Waals surface area contributed by atoms with Crippen molar-refractivity contribution in [2.24, 2.45) is 5.73 Å². The van der Waals surface area contributed by atoms with Gasteiger partial charge in [-0.05, 0) is 75.9 Å². The van der Waals surface area contributed by atoms with Crippen molar-refractivity contribution < 1.29 is 9.47 Å². The Bertz CT molecular complexity index is 439. The Morgan fingerprint density at radius 1 is 1.30 bits per heavy atom. The number of aryl methyl sites for hydroxylation is 1. The monoisotopic (exact) mass is 425 g/mol. The summed E-state index contributed by atoms with van der Waals surface area (Å²) < 4.78 is 12.1. The van der Waals surface area contributed by atoms with Crippen LogP contribution in [0.25, 0.3) is 0 Å². The average molecular weight is 428 g/mol. The lowest BCUT2D eigenvalue weighted by Gasteiger charge is -2.13. The zero-order valence-corrected chi connectivity index (χ0v) is 15.2. The van der Waals surface area contributed by atoms with E-state index in [9.17, 15) is 0 Å². The van der Waals surface area contributed by atoms with Crippen LogP contribution in [0.5, 0.6) is 11.5 Å². The summed E-state index contributed by atoms with van der Waals surface area (Å²) in [6, 6.07) is 3.68. The van der Waals surface area contributed by atoms with Crippen molar-refractivity contribution >= 4 is 43.5 Å². The molecule has 0 aliphatic heterocycles. The number of rotatable bonds is 8. The lowest BCUT2D eigenvalue weighted by molar-refractivity contribution is 0.304. The molecule has 1 aromatic rings. The Hall–Kier alpha value is -0.230. The average Bonchev–Trinajstić information content (AvgIpc) is 2.36. The third-order valence-corrected chi connectivity index (χ3v) is 3.46. The molecule has 3 nitrogen and oxygen atoms in total. The van der Waals surface area contributed by atoms with Crippen LogP contribution in [0.2, 0.25) is 5.02 Å². The van der Waals surface area contributed by atoms with Gasteiger partial charge in [-0.15, -0.1) is 0 Å². The maximum absolute atomic E-state index is 6.23. The maximum Gasteiger partial charge on any atom is 0.141 e. The van der Waals surface area contributed by atoms with Crippen molar-refractivity contribution in [3.05, 3.63) is 32.2 Å². The molecule has 0 saturated carbocycles. The molecular weight excluding hydrogens is 409 g/mol. The second kappa shape index (κ2) is 9.66. The molecule has 0 spiro atoms. The Balaban J connectivity index is 2.63. The molecule has 0 saturated heterocycles. The van der Waals surface area contributed by atoms with Gasteiger partial charge in [0.2, 0.25) is 0 Å². The van der Waals surface area contributed by atoms with Gasteiger partial charge in [-0.2, -0.15) is 0 Å². The van der Waals surface area contributed by atoms with Crippen molar-refractivity contribution in [1.82, 2.24) is 0 Å². The van der Waals surface area contributed by atoms with Crippen molar-refractivity contribution in [3.63, 3.8) is 0 Å². The van der Waals surface area contributed by atoms with Crippen LogP contribution in [0.4, 0.5) is 0 Å². The Kier molecular flexibility index (Phi) is 8.61. The van der Waals surface area contributed by atoms with Crippen molar-refractivity contribution in [2.45, 2.75) is 19.8 Å². The van der Waals surface area contributed by atoms with Gasteiger partial charge in [0.15, 0.2) is 0 Å². The van der Waals surface area contributed by atoms with E-state index in [0.717, 1.165) is 27.5 Å². The van der Waals surface area contributed by atoms with Gasteiger partial charge in [0.05, 0.1) is 15.0 Å². The molecule has 20 heavy (non-hydrogen) atoms. The highest BCUT2D eigenvalue weighted by molar-refractivity contribution is 9.28. The molecule has 112 valence electrons. The lowest BCUT2D eigenvalue weighted by Crippen LogP contribution is -2.04. The molecule has 1 aromatic carbocycles. The largest absolute Gasteiger partial charge is 0.492 e. The van der Waals surface area contributed by atoms with Gasteiger partial charge in [-0.25, -0.2) is 0 Å². The summed E-state index contributed by atoms with van der Waals surface area (Å²) >= 11 is 12.8. The first kappa shape index (κ1) is 17.8. The van der Waals surface area contributed by atoms with E-state index < -0.39 is 0 Å². The quantitative estimate of drug-likeness (QED) is 0.608. The molecule has 0 fully saturated rings. The van der Waals surface area contributed by atoms with E-state index in [0.29, 0.717) is 30.5 Å². The van der Waals surface area contributed by atoms with Crippen LogP contribution in [-0.2, 0) is 0 Å². The minimum Gasteiger partial charge on any atom is -0.492 e. The number of halogens is 3. The van der Waals surface area contributed by atoms with Gasteiger partial charge in [0.25, 0.3) is 0 Å². The SMILES string of the molecule is Cc1cc(OCC=C(Br)Br)cc(Cl)c1OCCCCN. The first-order valence-corrected chi connectivity index (χ1v) is 8.28. The molecule has 0 aromatic heterocycles. The van der Waals surface area contributed by atoms with E-state index in [2.05, 4.69) is 31.9 Å². The van der Waals surface area contributed by atoms with E-state index in [1.165, 1.54) is 0 Å². The fourth-order valence-electron chi connectivity index (χ4n) is 1.59. The summed E-state index contributed by atoms with van der Waals surface area (Å²) in [7, 11) is 0. The van der Waals surface area contributed by atoms with E-state index in [-0.39, 0.29) is 0 Å². The summed E-state index contributed by atoms with van der Waals surface area (Å²) in [5.74, 6) is 1.44. The third-order valence-electron chi connectivity index (χ3n) is 2.54. The van der Waals surface area contributed by atoms with Gasteiger partial charge >= 0.3 is 0 Å². The van der Waals surface area contributed by atoms with Crippen LogP contribution >= 0.6 is 43.5 Å².